The molecule has 0 amide bonds. The molecular weight excluding hydrogens is 272 g/mol. The van der Waals surface area contributed by atoms with Crippen LogP contribution in [0.25, 0.3) is 28.5 Å². The molecule has 0 N–H and O–H groups in total. The van der Waals surface area contributed by atoms with Crippen molar-refractivity contribution in [1.29, 1.82) is 0 Å². The van der Waals surface area contributed by atoms with Gasteiger partial charge in [-0.3, -0.25) is 0 Å². The number of benzene rings is 2. The van der Waals surface area contributed by atoms with Crippen LogP contribution in [0, 0.1) is 0 Å². The Balaban J connectivity index is 2.00. The van der Waals surface area contributed by atoms with Gasteiger partial charge in [-0.1, -0.05) is 72.8 Å². The van der Waals surface area contributed by atoms with Gasteiger partial charge in [0.2, 0.25) is 0 Å². The van der Waals surface area contributed by atoms with Gasteiger partial charge in [-0.15, -0.1) is 0 Å². The quantitative estimate of drug-likeness (QED) is 0.692. The molecule has 3 aromatic rings. The van der Waals surface area contributed by atoms with Gasteiger partial charge in [0.15, 0.2) is 0 Å². The van der Waals surface area contributed by atoms with Crippen LogP contribution < -0.4 is 5.63 Å². The Kier molecular flexibility index (Phi) is 3.01. The molecule has 2 aromatic carbocycles. The van der Waals surface area contributed by atoms with Crippen LogP contribution in [0.5, 0.6) is 0 Å². The Bertz CT molecular complexity index is 904. The van der Waals surface area contributed by atoms with Crippen LogP contribution in [0.15, 0.2) is 76.0 Å². The fourth-order valence-corrected chi connectivity index (χ4v) is 2.98. The van der Waals surface area contributed by atoms with Crippen LogP contribution >= 0.6 is 0 Å². The van der Waals surface area contributed by atoms with E-state index in [4.69, 9.17) is 4.42 Å². The molecule has 0 saturated heterocycles. The lowest BCUT2D eigenvalue weighted by molar-refractivity contribution is 0.526. The number of hydrogen-bond acceptors (Lipinski definition) is 2. The maximum absolute atomic E-state index is 12.6. The highest BCUT2D eigenvalue weighted by Gasteiger charge is 2.22. The molecule has 2 heteroatoms. The van der Waals surface area contributed by atoms with Crippen LogP contribution in [-0.4, -0.2) is 0 Å². The summed E-state index contributed by atoms with van der Waals surface area (Å²) in [7, 11) is 0. The van der Waals surface area contributed by atoms with Crippen molar-refractivity contribution in [2.24, 2.45) is 0 Å². The zero-order valence-corrected chi connectivity index (χ0v) is 12.0. The average molecular weight is 286 g/mol. The van der Waals surface area contributed by atoms with Crippen molar-refractivity contribution >= 4 is 6.08 Å². The molecule has 1 aliphatic rings. The third-order valence-corrected chi connectivity index (χ3v) is 3.98. The Morgan fingerprint density at radius 1 is 0.818 bits per heavy atom. The lowest BCUT2D eigenvalue weighted by atomic mass is 9.96. The van der Waals surface area contributed by atoms with Crippen molar-refractivity contribution in [3.8, 4) is 22.5 Å². The highest BCUT2D eigenvalue weighted by atomic mass is 16.4. The molecule has 0 spiro atoms. The normalized spacial score (nSPS) is 12.4. The van der Waals surface area contributed by atoms with E-state index in [1.165, 1.54) is 0 Å². The van der Waals surface area contributed by atoms with E-state index in [1.807, 2.05) is 66.7 Å². The van der Waals surface area contributed by atoms with Crippen molar-refractivity contribution in [2.45, 2.75) is 6.42 Å². The molecule has 1 heterocycles. The molecule has 1 aromatic heterocycles. The Hall–Kier alpha value is -2.87. The topological polar surface area (TPSA) is 30.2 Å². The van der Waals surface area contributed by atoms with Crippen molar-refractivity contribution < 1.29 is 4.42 Å². The molecule has 0 fully saturated rings. The van der Waals surface area contributed by atoms with Crippen LogP contribution in [-0.2, 0) is 6.42 Å². The second-order valence-electron chi connectivity index (χ2n) is 5.32. The summed E-state index contributed by atoms with van der Waals surface area (Å²) >= 11 is 0. The van der Waals surface area contributed by atoms with E-state index < -0.39 is 0 Å². The number of hydrogen-bond donors (Lipinski definition) is 0. The van der Waals surface area contributed by atoms with Crippen LogP contribution in [0.2, 0.25) is 0 Å². The molecule has 0 radical (unpaired) electrons. The van der Waals surface area contributed by atoms with Crippen LogP contribution in [0.3, 0.4) is 0 Å². The van der Waals surface area contributed by atoms with Gasteiger partial charge in [0.05, 0.1) is 5.56 Å². The predicted molar refractivity (Wildman–Crippen MR) is 88.6 cm³/mol. The zero-order chi connectivity index (χ0) is 14.9. The maximum atomic E-state index is 12.6. The second-order valence-corrected chi connectivity index (χ2v) is 5.32. The van der Waals surface area contributed by atoms with Crippen molar-refractivity contribution in [3.05, 3.63) is 88.3 Å². The lowest BCUT2D eigenvalue weighted by Gasteiger charge is -2.11. The SMILES string of the molecule is O=c1oc(-c2ccccc2)c2c(c1-c1ccccc1)CC=C2. The van der Waals surface area contributed by atoms with Gasteiger partial charge in [-0.2, -0.15) is 0 Å². The fourth-order valence-electron chi connectivity index (χ4n) is 2.98. The van der Waals surface area contributed by atoms with Crippen LogP contribution in [0.4, 0.5) is 0 Å². The molecule has 106 valence electrons. The largest absolute Gasteiger partial charge is 0.422 e. The molecule has 2 nitrogen and oxygen atoms in total. The van der Waals surface area contributed by atoms with E-state index in [-0.39, 0.29) is 5.63 Å². The van der Waals surface area contributed by atoms with Gasteiger partial charge in [0.1, 0.15) is 5.76 Å². The van der Waals surface area contributed by atoms with E-state index in [0.29, 0.717) is 11.3 Å². The third kappa shape index (κ3) is 2.01. The summed E-state index contributed by atoms with van der Waals surface area (Å²) in [6.07, 6.45) is 4.90. The second kappa shape index (κ2) is 5.15. The van der Waals surface area contributed by atoms with Gasteiger partial charge >= 0.3 is 5.63 Å². The highest BCUT2D eigenvalue weighted by Crippen LogP contribution is 2.35. The molecule has 0 saturated carbocycles. The first kappa shape index (κ1) is 12.8. The summed E-state index contributed by atoms with van der Waals surface area (Å²) in [6.45, 7) is 0. The van der Waals surface area contributed by atoms with Gasteiger partial charge < -0.3 is 4.42 Å². The first-order valence-corrected chi connectivity index (χ1v) is 7.32. The summed E-state index contributed by atoms with van der Waals surface area (Å²) in [5.74, 6) is 0.661. The minimum Gasteiger partial charge on any atom is -0.422 e. The molecule has 22 heavy (non-hydrogen) atoms. The summed E-state index contributed by atoms with van der Waals surface area (Å²) in [4.78, 5) is 12.6. The average Bonchev–Trinajstić information content (AvgIpc) is 3.05. The zero-order valence-electron chi connectivity index (χ0n) is 12.0. The molecule has 0 aliphatic heterocycles. The number of rotatable bonds is 2. The fraction of sp³-hybridized carbons (Fsp3) is 0.0500. The number of fused-ring (bicyclic) bond motifs is 1. The van der Waals surface area contributed by atoms with Crippen LogP contribution in [0.1, 0.15) is 11.1 Å². The number of allylic oxidation sites excluding steroid dienone is 1. The van der Waals surface area contributed by atoms with E-state index in [9.17, 15) is 4.79 Å². The Labute approximate surface area is 128 Å². The van der Waals surface area contributed by atoms with Crippen molar-refractivity contribution in [3.63, 3.8) is 0 Å². The van der Waals surface area contributed by atoms with E-state index >= 15 is 0 Å². The smallest absolute Gasteiger partial charge is 0.344 e. The lowest BCUT2D eigenvalue weighted by Crippen LogP contribution is -2.09. The minimum absolute atomic E-state index is 0.271. The first-order valence-electron chi connectivity index (χ1n) is 7.32. The van der Waals surface area contributed by atoms with E-state index in [1.54, 1.807) is 0 Å². The van der Waals surface area contributed by atoms with Gasteiger partial charge in [-0.05, 0) is 17.5 Å². The van der Waals surface area contributed by atoms with Gasteiger partial charge in [0.25, 0.3) is 0 Å². The van der Waals surface area contributed by atoms with Crippen molar-refractivity contribution in [1.82, 2.24) is 0 Å². The van der Waals surface area contributed by atoms with Gasteiger partial charge in [0, 0.05) is 11.1 Å². The molecule has 1 aliphatic carbocycles. The Morgan fingerprint density at radius 2 is 1.45 bits per heavy atom. The summed E-state index contributed by atoms with van der Waals surface area (Å²) < 4.78 is 5.68. The monoisotopic (exact) mass is 286 g/mol. The Morgan fingerprint density at radius 3 is 2.14 bits per heavy atom. The third-order valence-electron chi connectivity index (χ3n) is 3.98. The molecule has 0 atom stereocenters. The standard InChI is InChI=1S/C20H14O2/c21-20-18(14-8-3-1-4-9-14)16-12-7-13-17(16)19(22-20)15-10-5-2-6-11-15/h1-11,13H,12H2. The summed E-state index contributed by atoms with van der Waals surface area (Å²) in [6, 6.07) is 19.5. The first-order chi connectivity index (χ1) is 10.8. The molecule has 0 unspecified atom stereocenters. The predicted octanol–water partition coefficient (Wildman–Crippen LogP) is 4.54. The summed E-state index contributed by atoms with van der Waals surface area (Å²) in [5, 5.41) is 0. The highest BCUT2D eigenvalue weighted by molar-refractivity contribution is 5.81. The summed E-state index contributed by atoms with van der Waals surface area (Å²) in [5.41, 5.74) is 4.33. The maximum Gasteiger partial charge on any atom is 0.344 e. The molecule has 4 rings (SSSR count). The van der Waals surface area contributed by atoms with E-state index in [2.05, 4.69) is 6.08 Å². The van der Waals surface area contributed by atoms with Crippen molar-refractivity contribution in [2.75, 3.05) is 0 Å². The van der Waals surface area contributed by atoms with Gasteiger partial charge in [-0.25, -0.2) is 4.79 Å². The minimum atomic E-state index is -0.271. The van der Waals surface area contributed by atoms with E-state index in [0.717, 1.165) is 28.7 Å². The molecular formula is C20H14O2. The molecule has 0 bridgehead atoms.